The number of carbonyl (C=O) groups excluding carboxylic acids is 1. The lowest BCUT2D eigenvalue weighted by atomic mass is 10.1. The Morgan fingerprint density at radius 2 is 1.82 bits per heavy atom. The summed E-state index contributed by atoms with van der Waals surface area (Å²) in [6, 6.07) is 4.45. The molecule has 176 valence electrons. The highest BCUT2D eigenvalue weighted by molar-refractivity contribution is 5.91. The van der Waals surface area contributed by atoms with Crippen molar-refractivity contribution >= 4 is 22.6 Å². The van der Waals surface area contributed by atoms with Crippen molar-refractivity contribution in [3.05, 3.63) is 56.9 Å². The van der Waals surface area contributed by atoms with Crippen molar-refractivity contribution in [2.24, 2.45) is 7.05 Å². The van der Waals surface area contributed by atoms with E-state index in [1.807, 2.05) is 6.92 Å². The first kappa shape index (κ1) is 23.8. The Hall–Kier alpha value is -3.83. The second kappa shape index (κ2) is 9.35. The number of aryl methyl sites for hydroxylation is 2. The summed E-state index contributed by atoms with van der Waals surface area (Å²) < 4.78 is 48.1. The molecule has 12 heteroatoms. The van der Waals surface area contributed by atoms with E-state index in [2.05, 4.69) is 15.0 Å². The van der Waals surface area contributed by atoms with Crippen molar-refractivity contribution < 1.29 is 27.4 Å². The average Bonchev–Trinajstić information content (AvgIpc) is 2.75. The van der Waals surface area contributed by atoms with Crippen molar-refractivity contribution in [2.75, 3.05) is 11.9 Å². The molecular formula is C21H21F3N4O5. The second-order valence-corrected chi connectivity index (χ2v) is 6.95. The standard InChI is InChI=1S/C21H21F3N4O5/c1-4-12-10-25-18-16(17(12)32-5-2)19(30)28(20(31)27(18)3)11-15(29)26-13-6-8-14(9-7-13)33-21(22,23)24/h6-10H,4-5,11H2,1-3H3,(H,26,29). The highest BCUT2D eigenvalue weighted by Crippen LogP contribution is 2.26. The van der Waals surface area contributed by atoms with Crippen molar-refractivity contribution in [3.8, 4) is 11.5 Å². The van der Waals surface area contributed by atoms with Crippen LogP contribution in [0.3, 0.4) is 0 Å². The molecule has 1 aromatic carbocycles. The van der Waals surface area contributed by atoms with Gasteiger partial charge < -0.3 is 14.8 Å². The van der Waals surface area contributed by atoms with Crippen LogP contribution in [0.2, 0.25) is 0 Å². The van der Waals surface area contributed by atoms with E-state index in [0.29, 0.717) is 17.7 Å². The molecule has 0 aliphatic carbocycles. The van der Waals surface area contributed by atoms with Crippen LogP contribution >= 0.6 is 0 Å². The van der Waals surface area contributed by atoms with Crippen LogP contribution in [0, 0.1) is 0 Å². The van der Waals surface area contributed by atoms with Crippen LogP contribution in [0.25, 0.3) is 11.0 Å². The van der Waals surface area contributed by atoms with Gasteiger partial charge in [0.15, 0.2) is 5.65 Å². The molecule has 0 fully saturated rings. The third-order valence-electron chi connectivity index (χ3n) is 4.72. The Balaban J connectivity index is 1.94. The number of halogens is 3. The van der Waals surface area contributed by atoms with Crippen molar-refractivity contribution in [3.63, 3.8) is 0 Å². The average molecular weight is 466 g/mol. The van der Waals surface area contributed by atoms with Crippen LogP contribution in [0.5, 0.6) is 11.5 Å². The number of alkyl halides is 3. The van der Waals surface area contributed by atoms with E-state index in [-0.39, 0.29) is 23.3 Å². The zero-order valence-electron chi connectivity index (χ0n) is 18.0. The summed E-state index contributed by atoms with van der Waals surface area (Å²) in [5.74, 6) is -0.876. The molecule has 2 heterocycles. The third-order valence-corrected chi connectivity index (χ3v) is 4.72. The first-order valence-corrected chi connectivity index (χ1v) is 9.95. The number of pyridine rings is 1. The molecule has 0 radical (unpaired) electrons. The predicted octanol–water partition coefficient (Wildman–Crippen LogP) is 2.59. The van der Waals surface area contributed by atoms with Crippen LogP contribution in [0.4, 0.5) is 18.9 Å². The number of aromatic nitrogens is 3. The van der Waals surface area contributed by atoms with E-state index in [4.69, 9.17) is 4.74 Å². The smallest absolute Gasteiger partial charge is 0.493 e. The molecule has 9 nitrogen and oxygen atoms in total. The molecule has 0 unspecified atom stereocenters. The summed E-state index contributed by atoms with van der Waals surface area (Å²) in [5, 5.41) is 2.52. The van der Waals surface area contributed by atoms with Crippen molar-refractivity contribution in [1.29, 1.82) is 0 Å². The van der Waals surface area contributed by atoms with Gasteiger partial charge >= 0.3 is 12.1 Å². The van der Waals surface area contributed by atoms with Gasteiger partial charge in [-0.3, -0.25) is 14.2 Å². The summed E-state index contributed by atoms with van der Waals surface area (Å²) in [7, 11) is 1.42. The van der Waals surface area contributed by atoms with E-state index in [9.17, 15) is 27.6 Å². The van der Waals surface area contributed by atoms with Crippen molar-refractivity contribution in [1.82, 2.24) is 14.1 Å². The Morgan fingerprint density at radius 3 is 2.39 bits per heavy atom. The van der Waals surface area contributed by atoms with E-state index >= 15 is 0 Å². The number of carbonyl (C=O) groups is 1. The van der Waals surface area contributed by atoms with Crippen LogP contribution in [-0.4, -0.2) is 33.0 Å². The lowest BCUT2D eigenvalue weighted by molar-refractivity contribution is -0.274. The molecule has 3 rings (SSSR count). The minimum Gasteiger partial charge on any atom is -0.493 e. The number of fused-ring (bicyclic) bond motifs is 1. The predicted molar refractivity (Wildman–Crippen MR) is 114 cm³/mol. The van der Waals surface area contributed by atoms with Gasteiger partial charge in [-0.25, -0.2) is 14.3 Å². The molecule has 0 aliphatic heterocycles. The van der Waals surface area contributed by atoms with Gasteiger partial charge in [-0.15, -0.1) is 13.2 Å². The zero-order chi connectivity index (χ0) is 24.3. The maximum Gasteiger partial charge on any atom is 0.573 e. The van der Waals surface area contributed by atoms with Gasteiger partial charge in [-0.05, 0) is 37.6 Å². The molecule has 2 aromatic heterocycles. The Labute approximate surface area is 185 Å². The maximum absolute atomic E-state index is 13.2. The van der Waals surface area contributed by atoms with Crippen LogP contribution in [-0.2, 0) is 24.8 Å². The minimum absolute atomic E-state index is 0.0831. The first-order valence-electron chi connectivity index (χ1n) is 9.95. The molecule has 1 amide bonds. The molecule has 0 aliphatic rings. The Bertz CT molecular complexity index is 1300. The molecular weight excluding hydrogens is 445 g/mol. The lowest BCUT2D eigenvalue weighted by Gasteiger charge is -2.15. The van der Waals surface area contributed by atoms with Gasteiger partial charge in [-0.1, -0.05) is 6.92 Å². The van der Waals surface area contributed by atoms with Gasteiger partial charge in [0.25, 0.3) is 5.56 Å². The van der Waals surface area contributed by atoms with Gasteiger partial charge in [0.05, 0.1) is 6.61 Å². The first-order chi connectivity index (χ1) is 15.6. The monoisotopic (exact) mass is 466 g/mol. The van der Waals surface area contributed by atoms with E-state index in [0.717, 1.165) is 21.3 Å². The van der Waals surface area contributed by atoms with Gasteiger partial charge in [-0.2, -0.15) is 0 Å². The summed E-state index contributed by atoms with van der Waals surface area (Å²) in [6.45, 7) is 3.28. The normalized spacial score (nSPS) is 11.5. The van der Waals surface area contributed by atoms with Crippen LogP contribution in [0.15, 0.2) is 40.1 Å². The zero-order valence-corrected chi connectivity index (χ0v) is 18.0. The van der Waals surface area contributed by atoms with E-state index in [1.165, 1.54) is 25.4 Å². The molecule has 0 saturated carbocycles. The quantitative estimate of drug-likeness (QED) is 0.574. The fraction of sp³-hybridized carbons (Fsp3) is 0.333. The number of benzene rings is 1. The van der Waals surface area contributed by atoms with Gasteiger partial charge in [0.2, 0.25) is 5.91 Å². The number of hydrogen-bond donors (Lipinski definition) is 1. The maximum atomic E-state index is 13.2. The fourth-order valence-electron chi connectivity index (χ4n) is 3.25. The van der Waals surface area contributed by atoms with Gasteiger partial charge in [0.1, 0.15) is 23.4 Å². The number of nitrogens with one attached hydrogen (secondary N) is 1. The number of anilines is 1. The van der Waals surface area contributed by atoms with Crippen molar-refractivity contribution in [2.45, 2.75) is 33.2 Å². The molecule has 0 bridgehead atoms. The Morgan fingerprint density at radius 1 is 1.15 bits per heavy atom. The minimum atomic E-state index is -4.84. The molecule has 33 heavy (non-hydrogen) atoms. The lowest BCUT2D eigenvalue weighted by Crippen LogP contribution is -2.42. The fourth-order valence-corrected chi connectivity index (χ4v) is 3.25. The molecule has 0 atom stereocenters. The number of hydrogen-bond acceptors (Lipinski definition) is 6. The Kier molecular flexibility index (Phi) is 6.75. The molecule has 0 saturated heterocycles. The number of ether oxygens (including phenoxy) is 2. The van der Waals surface area contributed by atoms with Crippen LogP contribution < -0.4 is 26.0 Å². The summed E-state index contributed by atoms with van der Waals surface area (Å²) in [6.07, 6.45) is -2.76. The highest BCUT2D eigenvalue weighted by Gasteiger charge is 2.31. The molecule has 0 spiro atoms. The summed E-state index contributed by atoms with van der Waals surface area (Å²) in [5.41, 5.74) is -0.524. The topological polar surface area (TPSA) is 104 Å². The highest BCUT2D eigenvalue weighted by atomic mass is 19.4. The second-order valence-electron chi connectivity index (χ2n) is 6.95. The van der Waals surface area contributed by atoms with E-state index in [1.54, 1.807) is 6.92 Å². The van der Waals surface area contributed by atoms with Gasteiger partial charge in [0, 0.05) is 24.5 Å². The summed E-state index contributed by atoms with van der Waals surface area (Å²) >= 11 is 0. The summed E-state index contributed by atoms with van der Waals surface area (Å²) in [4.78, 5) is 42.6. The third kappa shape index (κ3) is 5.16. The number of rotatable bonds is 7. The SMILES string of the molecule is CCOc1c(CC)cnc2c1c(=O)n(CC(=O)Nc1ccc(OC(F)(F)F)cc1)c(=O)n2C. The van der Waals surface area contributed by atoms with Crippen LogP contribution in [0.1, 0.15) is 19.4 Å². The molecule has 1 N–H and O–H groups in total. The van der Waals surface area contributed by atoms with E-state index < -0.39 is 35.8 Å². The molecule has 3 aromatic rings. The number of nitrogens with zero attached hydrogens (tertiary/aromatic N) is 3. The number of amides is 1. The largest absolute Gasteiger partial charge is 0.573 e.